The minimum absolute atomic E-state index is 0.382. The molecule has 0 amide bonds. The van der Waals surface area contributed by atoms with Gasteiger partial charge in [-0.1, -0.05) is 13.2 Å². The molecule has 0 aromatic carbocycles. The molecule has 0 bridgehead atoms. The second-order valence-electron chi connectivity index (χ2n) is 3.46. The quantitative estimate of drug-likeness (QED) is 0.647. The monoisotopic (exact) mass is 178 g/mol. The second-order valence-corrected chi connectivity index (χ2v) is 3.46. The largest absolute Gasteiger partial charge is 0.448 e. The number of hydrogen-bond donors (Lipinski definition) is 0. The summed E-state index contributed by atoms with van der Waals surface area (Å²) in [5, 5.41) is 0. The van der Waals surface area contributed by atoms with Gasteiger partial charge in [0.15, 0.2) is 11.5 Å². The average molecular weight is 178 g/mol. The van der Waals surface area contributed by atoms with E-state index < -0.39 is 0 Å². The van der Waals surface area contributed by atoms with E-state index >= 15 is 0 Å². The molecule has 1 saturated carbocycles. The van der Waals surface area contributed by atoms with Crippen LogP contribution in [0.1, 0.15) is 25.7 Å². The molecule has 0 radical (unpaired) electrons. The van der Waals surface area contributed by atoms with Gasteiger partial charge < -0.3 is 9.47 Å². The third-order valence-electron chi connectivity index (χ3n) is 2.57. The van der Waals surface area contributed by atoms with Gasteiger partial charge >= 0.3 is 0 Å². The molecule has 1 aliphatic heterocycles. The van der Waals surface area contributed by atoms with E-state index in [0.717, 1.165) is 24.4 Å². The van der Waals surface area contributed by atoms with Crippen LogP contribution in [0.4, 0.5) is 0 Å². The molecule has 0 atom stereocenters. The SMILES string of the molecule is C=CC1=C(C=C)OC2(CCCC2)O1. The molecule has 70 valence electrons. The van der Waals surface area contributed by atoms with Crippen LogP contribution in [0.15, 0.2) is 36.8 Å². The zero-order chi connectivity index (χ0) is 9.31. The first-order valence-corrected chi connectivity index (χ1v) is 4.67. The first-order chi connectivity index (χ1) is 6.29. The summed E-state index contributed by atoms with van der Waals surface area (Å²) in [4.78, 5) is 0. The topological polar surface area (TPSA) is 18.5 Å². The van der Waals surface area contributed by atoms with Crippen molar-refractivity contribution < 1.29 is 9.47 Å². The summed E-state index contributed by atoms with van der Waals surface area (Å²) in [5.41, 5.74) is 0. The van der Waals surface area contributed by atoms with Crippen LogP contribution in [-0.2, 0) is 9.47 Å². The van der Waals surface area contributed by atoms with Gasteiger partial charge in [0.25, 0.3) is 5.79 Å². The zero-order valence-electron chi connectivity index (χ0n) is 7.71. The molecule has 0 unspecified atom stereocenters. The Kier molecular flexibility index (Phi) is 1.91. The fourth-order valence-electron chi connectivity index (χ4n) is 1.92. The Hall–Kier alpha value is -1.18. The highest BCUT2D eigenvalue weighted by molar-refractivity contribution is 5.26. The minimum Gasteiger partial charge on any atom is -0.448 e. The van der Waals surface area contributed by atoms with Gasteiger partial charge in [-0.3, -0.25) is 0 Å². The third kappa shape index (κ3) is 1.26. The van der Waals surface area contributed by atoms with Crippen molar-refractivity contribution in [2.75, 3.05) is 0 Å². The Morgan fingerprint density at radius 2 is 1.46 bits per heavy atom. The van der Waals surface area contributed by atoms with Crippen LogP contribution >= 0.6 is 0 Å². The van der Waals surface area contributed by atoms with Gasteiger partial charge in [-0.2, -0.15) is 0 Å². The first kappa shape index (κ1) is 8.42. The molecule has 0 aromatic rings. The van der Waals surface area contributed by atoms with E-state index in [0.29, 0.717) is 0 Å². The van der Waals surface area contributed by atoms with Crippen molar-refractivity contribution in [3.63, 3.8) is 0 Å². The summed E-state index contributed by atoms with van der Waals surface area (Å²) >= 11 is 0. The van der Waals surface area contributed by atoms with E-state index in [9.17, 15) is 0 Å². The molecule has 1 heterocycles. The van der Waals surface area contributed by atoms with Gasteiger partial charge in [0.1, 0.15) is 0 Å². The van der Waals surface area contributed by atoms with Crippen LogP contribution in [0.5, 0.6) is 0 Å². The Bertz CT molecular complexity index is 248. The zero-order valence-corrected chi connectivity index (χ0v) is 7.71. The standard InChI is InChI=1S/C11H14O2/c1-3-9-10(4-2)13-11(12-9)7-5-6-8-11/h3-4H,1-2,5-8H2. The Morgan fingerprint density at radius 1 is 1.00 bits per heavy atom. The molecule has 1 fully saturated rings. The van der Waals surface area contributed by atoms with Gasteiger partial charge in [0, 0.05) is 12.8 Å². The molecule has 13 heavy (non-hydrogen) atoms. The lowest BCUT2D eigenvalue weighted by Crippen LogP contribution is -2.26. The van der Waals surface area contributed by atoms with Crippen LogP contribution in [0.25, 0.3) is 0 Å². The highest BCUT2D eigenvalue weighted by Crippen LogP contribution is 2.43. The Balaban J connectivity index is 2.19. The Morgan fingerprint density at radius 3 is 1.85 bits per heavy atom. The highest BCUT2D eigenvalue weighted by Gasteiger charge is 2.43. The predicted molar refractivity (Wildman–Crippen MR) is 50.8 cm³/mol. The van der Waals surface area contributed by atoms with Crippen LogP contribution in [0.3, 0.4) is 0 Å². The predicted octanol–water partition coefficient (Wildman–Crippen LogP) is 2.89. The van der Waals surface area contributed by atoms with Crippen molar-refractivity contribution in [2.45, 2.75) is 31.5 Å². The summed E-state index contributed by atoms with van der Waals surface area (Å²) in [5.74, 6) is 1.08. The molecule has 2 nitrogen and oxygen atoms in total. The lowest BCUT2D eigenvalue weighted by atomic mass is 10.2. The molecular weight excluding hydrogens is 164 g/mol. The van der Waals surface area contributed by atoms with Gasteiger partial charge in [0.2, 0.25) is 0 Å². The van der Waals surface area contributed by atoms with Crippen molar-refractivity contribution in [2.24, 2.45) is 0 Å². The average Bonchev–Trinajstić information content (AvgIpc) is 2.74. The van der Waals surface area contributed by atoms with E-state index in [4.69, 9.17) is 9.47 Å². The van der Waals surface area contributed by atoms with Crippen LogP contribution < -0.4 is 0 Å². The fraction of sp³-hybridized carbons (Fsp3) is 0.455. The molecule has 2 aliphatic rings. The summed E-state index contributed by atoms with van der Waals surface area (Å²) in [6, 6.07) is 0. The maximum absolute atomic E-state index is 5.73. The van der Waals surface area contributed by atoms with E-state index in [1.54, 1.807) is 12.2 Å². The van der Waals surface area contributed by atoms with E-state index in [2.05, 4.69) is 13.2 Å². The van der Waals surface area contributed by atoms with Crippen LogP contribution in [0.2, 0.25) is 0 Å². The maximum atomic E-state index is 5.73. The molecule has 0 aromatic heterocycles. The van der Waals surface area contributed by atoms with Crippen molar-refractivity contribution in [3.05, 3.63) is 36.8 Å². The van der Waals surface area contributed by atoms with Crippen molar-refractivity contribution in [1.82, 2.24) is 0 Å². The molecule has 2 heteroatoms. The highest BCUT2D eigenvalue weighted by atomic mass is 16.7. The second kappa shape index (κ2) is 2.95. The van der Waals surface area contributed by atoms with Gasteiger partial charge in [-0.25, -0.2) is 0 Å². The maximum Gasteiger partial charge on any atom is 0.251 e. The molecule has 1 aliphatic carbocycles. The Labute approximate surface area is 78.5 Å². The molecule has 1 spiro atoms. The summed E-state index contributed by atoms with van der Waals surface area (Å²) in [6.45, 7) is 7.37. The minimum atomic E-state index is -0.382. The summed E-state index contributed by atoms with van der Waals surface area (Å²) in [7, 11) is 0. The van der Waals surface area contributed by atoms with Gasteiger partial charge in [-0.05, 0) is 25.0 Å². The normalized spacial score (nSPS) is 24.3. The molecule has 0 saturated heterocycles. The molecule has 2 rings (SSSR count). The number of hydrogen-bond acceptors (Lipinski definition) is 2. The molecule has 0 N–H and O–H groups in total. The van der Waals surface area contributed by atoms with E-state index in [1.807, 2.05) is 0 Å². The number of rotatable bonds is 2. The third-order valence-corrected chi connectivity index (χ3v) is 2.57. The van der Waals surface area contributed by atoms with Crippen molar-refractivity contribution in [3.8, 4) is 0 Å². The lowest BCUT2D eigenvalue weighted by Gasteiger charge is -2.22. The summed E-state index contributed by atoms with van der Waals surface area (Å²) < 4.78 is 11.5. The summed E-state index contributed by atoms with van der Waals surface area (Å²) in [6.07, 6.45) is 7.67. The van der Waals surface area contributed by atoms with Crippen LogP contribution in [-0.4, -0.2) is 5.79 Å². The fourth-order valence-corrected chi connectivity index (χ4v) is 1.92. The van der Waals surface area contributed by atoms with E-state index in [1.165, 1.54) is 12.8 Å². The van der Waals surface area contributed by atoms with Gasteiger partial charge in [0.05, 0.1) is 0 Å². The number of allylic oxidation sites excluding steroid dienone is 2. The van der Waals surface area contributed by atoms with Gasteiger partial charge in [-0.15, -0.1) is 0 Å². The van der Waals surface area contributed by atoms with Crippen LogP contribution in [0, 0.1) is 0 Å². The smallest absolute Gasteiger partial charge is 0.251 e. The van der Waals surface area contributed by atoms with E-state index in [-0.39, 0.29) is 5.79 Å². The first-order valence-electron chi connectivity index (χ1n) is 4.67. The van der Waals surface area contributed by atoms with Crippen molar-refractivity contribution >= 4 is 0 Å². The lowest BCUT2D eigenvalue weighted by molar-refractivity contribution is -0.143. The molecular formula is C11H14O2. The van der Waals surface area contributed by atoms with Crippen molar-refractivity contribution in [1.29, 1.82) is 0 Å². The number of ether oxygens (including phenoxy) is 2.